The predicted octanol–water partition coefficient (Wildman–Crippen LogP) is 4.13. The number of nitrogens with one attached hydrogen (secondary N) is 1. The topological polar surface area (TPSA) is 15.3 Å². The SMILES string of the molecule is CCCN(Cc1cc(Br)c(Cl)s1)CC1CCCN1. The van der Waals surface area contributed by atoms with Gasteiger partial charge in [-0.1, -0.05) is 18.5 Å². The van der Waals surface area contributed by atoms with Crippen LogP contribution in [0.2, 0.25) is 4.34 Å². The molecule has 1 aliphatic heterocycles. The molecular weight excluding hydrogens is 332 g/mol. The molecule has 1 aromatic rings. The average molecular weight is 352 g/mol. The molecule has 2 rings (SSSR count). The van der Waals surface area contributed by atoms with Gasteiger partial charge >= 0.3 is 0 Å². The largest absolute Gasteiger partial charge is 0.313 e. The first-order chi connectivity index (χ1) is 8.69. The number of rotatable bonds is 6. The van der Waals surface area contributed by atoms with Crippen molar-refractivity contribution < 1.29 is 0 Å². The van der Waals surface area contributed by atoms with Crippen LogP contribution in [-0.2, 0) is 6.54 Å². The number of thiophene rings is 1. The molecule has 1 aliphatic rings. The second-order valence-electron chi connectivity index (χ2n) is 4.86. The molecule has 0 amide bonds. The van der Waals surface area contributed by atoms with Crippen molar-refractivity contribution in [2.24, 2.45) is 0 Å². The fourth-order valence-electron chi connectivity index (χ4n) is 2.47. The minimum atomic E-state index is 0.676. The first-order valence-corrected chi connectivity index (χ1v) is 8.57. The van der Waals surface area contributed by atoms with Crippen molar-refractivity contribution in [2.45, 2.75) is 38.8 Å². The normalized spacial score (nSPS) is 19.9. The summed E-state index contributed by atoms with van der Waals surface area (Å²) in [6.07, 6.45) is 3.84. The lowest BCUT2D eigenvalue weighted by Gasteiger charge is -2.24. The zero-order valence-electron chi connectivity index (χ0n) is 10.7. The Kier molecular flexibility index (Phi) is 5.96. The highest BCUT2D eigenvalue weighted by molar-refractivity contribution is 9.10. The van der Waals surface area contributed by atoms with Gasteiger partial charge in [0.15, 0.2) is 0 Å². The van der Waals surface area contributed by atoms with E-state index in [0.717, 1.165) is 28.4 Å². The van der Waals surface area contributed by atoms with Crippen LogP contribution in [0, 0.1) is 0 Å². The Morgan fingerprint density at radius 2 is 2.44 bits per heavy atom. The number of nitrogens with zero attached hydrogens (tertiary/aromatic N) is 1. The molecule has 1 saturated heterocycles. The van der Waals surface area contributed by atoms with E-state index in [9.17, 15) is 0 Å². The lowest BCUT2D eigenvalue weighted by atomic mass is 10.2. The van der Waals surface area contributed by atoms with Gasteiger partial charge in [-0.25, -0.2) is 0 Å². The Morgan fingerprint density at radius 1 is 1.61 bits per heavy atom. The van der Waals surface area contributed by atoms with Gasteiger partial charge in [0.25, 0.3) is 0 Å². The second kappa shape index (κ2) is 7.25. The van der Waals surface area contributed by atoms with Gasteiger partial charge in [-0.15, -0.1) is 11.3 Å². The zero-order valence-corrected chi connectivity index (χ0v) is 13.9. The third kappa shape index (κ3) is 4.20. The number of hydrogen-bond acceptors (Lipinski definition) is 3. The maximum atomic E-state index is 6.10. The highest BCUT2D eigenvalue weighted by atomic mass is 79.9. The molecule has 0 saturated carbocycles. The highest BCUT2D eigenvalue weighted by Crippen LogP contribution is 2.32. The quantitative estimate of drug-likeness (QED) is 0.829. The van der Waals surface area contributed by atoms with E-state index >= 15 is 0 Å². The maximum Gasteiger partial charge on any atom is 0.107 e. The van der Waals surface area contributed by atoms with Crippen molar-refractivity contribution in [3.63, 3.8) is 0 Å². The monoisotopic (exact) mass is 350 g/mol. The Hall–Kier alpha value is 0.390. The zero-order chi connectivity index (χ0) is 13.0. The van der Waals surface area contributed by atoms with Crippen molar-refractivity contribution in [1.82, 2.24) is 10.2 Å². The minimum Gasteiger partial charge on any atom is -0.313 e. The summed E-state index contributed by atoms with van der Waals surface area (Å²) in [7, 11) is 0. The van der Waals surface area contributed by atoms with Crippen molar-refractivity contribution >= 4 is 38.9 Å². The molecular formula is C13H20BrClN2S. The van der Waals surface area contributed by atoms with E-state index in [1.807, 2.05) is 0 Å². The Morgan fingerprint density at radius 3 is 3.00 bits per heavy atom. The lowest BCUT2D eigenvalue weighted by Crippen LogP contribution is -2.37. The van der Waals surface area contributed by atoms with Crippen LogP contribution in [0.4, 0.5) is 0 Å². The molecule has 1 aromatic heterocycles. The van der Waals surface area contributed by atoms with Crippen LogP contribution in [0.5, 0.6) is 0 Å². The Balaban J connectivity index is 1.92. The highest BCUT2D eigenvalue weighted by Gasteiger charge is 2.18. The molecule has 1 unspecified atom stereocenters. The molecule has 18 heavy (non-hydrogen) atoms. The van der Waals surface area contributed by atoms with Crippen LogP contribution < -0.4 is 5.32 Å². The first-order valence-electron chi connectivity index (χ1n) is 6.58. The molecule has 0 aromatic carbocycles. The van der Waals surface area contributed by atoms with E-state index in [4.69, 9.17) is 11.6 Å². The van der Waals surface area contributed by atoms with E-state index < -0.39 is 0 Å². The van der Waals surface area contributed by atoms with Crippen LogP contribution in [-0.4, -0.2) is 30.6 Å². The molecule has 0 spiro atoms. The molecule has 0 aliphatic carbocycles. The van der Waals surface area contributed by atoms with Crippen molar-refractivity contribution in [2.75, 3.05) is 19.6 Å². The maximum absolute atomic E-state index is 6.10. The smallest absolute Gasteiger partial charge is 0.107 e. The first kappa shape index (κ1) is 14.8. The lowest BCUT2D eigenvalue weighted by molar-refractivity contribution is 0.243. The fourth-order valence-corrected chi connectivity index (χ4v) is 4.30. The van der Waals surface area contributed by atoms with Gasteiger partial charge < -0.3 is 5.32 Å². The van der Waals surface area contributed by atoms with Crippen molar-refractivity contribution in [3.8, 4) is 0 Å². The summed E-state index contributed by atoms with van der Waals surface area (Å²) in [4.78, 5) is 3.88. The van der Waals surface area contributed by atoms with E-state index in [2.05, 4.69) is 39.1 Å². The van der Waals surface area contributed by atoms with Gasteiger partial charge in [0, 0.05) is 28.5 Å². The van der Waals surface area contributed by atoms with E-state index in [-0.39, 0.29) is 0 Å². The summed E-state index contributed by atoms with van der Waals surface area (Å²) in [5, 5.41) is 3.57. The summed E-state index contributed by atoms with van der Waals surface area (Å²) >= 11 is 11.3. The summed E-state index contributed by atoms with van der Waals surface area (Å²) < 4.78 is 1.89. The second-order valence-corrected chi connectivity index (χ2v) is 7.46. The van der Waals surface area contributed by atoms with E-state index in [1.165, 1.54) is 30.7 Å². The third-order valence-corrected chi connectivity index (χ3v) is 5.72. The van der Waals surface area contributed by atoms with E-state index in [1.54, 1.807) is 11.3 Å². The van der Waals surface area contributed by atoms with Gasteiger partial charge in [-0.3, -0.25) is 4.90 Å². The Labute approximate surface area is 127 Å². The van der Waals surface area contributed by atoms with E-state index in [0.29, 0.717) is 6.04 Å². The fraction of sp³-hybridized carbons (Fsp3) is 0.692. The van der Waals surface area contributed by atoms with Crippen LogP contribution >= 0.6 is 38.9 Å². The standard InChI is InChI=1S/C13H20BrClN2S/c1-2-6-17(8-10-4-3-5-16-10)9-11-7-12(14)13(15)18-11/h7,10,16H,2-6,8-9H2,1H3. The molecule has 5 heteroatoms. The van der Waals surface area contributed by atoms with Crippen LogP contribution in [0.15, 0.2) is 10.5 Å². The number of halogens is 2. The molecule has 1 N–H and O–H groups in total. The number of hydrogen-bond donors (Lipinski definition) is 1. The molecule has 102 valence electrons. The van der Waals surface area contributed by atoms with Crippen molar-refractivity contribution in [1.29, 1.82) is 0 Å². The molecule has 2 heterocycles. The van der Waals surface area contributed by atoms with Crippen molar-refractivity contribution in [3.05, 3.63) is 19.8 Å². The third-order valence-electron chi connectivity index (χ3n) is 3.26. The molecule has 1 fully saturated rings. The molecule has 0 bridgehead atoms. The van der Waals surface area contributed by atoms with Gasteiger partial charge in [0.05, 0.1) is 0 Å². The average Bonchev–Trinajstić information content (AvgIpc) is 2.91. The van der Waals surface area contributed by atoms with Crippen LogP contribution in [0.1, 0.15) is 31.1 Å². The van der Waals surface area contributed by atoms with Gasteiger partial charge in [-0.05, 0) is 54.3 Å². The van der Waals surface area contributed by atoms with Gasteiger partial charge in [0.2, 0.25) is 0 Å². The summed E-state index contributed by atoms with van der Waals surface area (Å²) in [5.74, 6) is 0. The predicted molar refractivity (Wildman–Crippen MR) is 83.6 cm³/mol. The molecule has 0 radical (unpaired) electrons. The molecule has 1 atom stereocenters. The van der Waals surface area contributed by atoms with Crippen LogP contribution in [0.3, 0.4) is 0 Å². The summed E-state index contributed by atoms with van der Waals surface area (Å²) in [5.41, 5.74) is 0. The van der Waals surface area contributed by atoms with Gasteiger partial charge in [0.1, 0.15) is 4.34 Å². The summed E-state index contributed by atoms with van der Waals surface area (Å²) in [6.45, 7) is 6.75. The minimum absolute atomic E-state index is 0.676. The van der Waals surface area contributed by atoms with Crippen LogP contribution in [0.25, 0.3) is 0 Å². The van der Waals surface area contributed by atoms with Gasteiger partial charge in [-0.2, -0.15) is 0 Å². The Bertz CT molecular complexity index is 358. The summed E-state index contributed by atoms with van der Waals surface area (Å²) in [6, 6.07) is 2.83. The molecule has 2 nitrogen and oxygen atoms in total.